The average molecular weight is 1570 g/mol. The number of aromatic nitrogens is 3. The number of thiophene rings is 1. The van der Waals surface area contributed by atoms with Gasteiger partial charge in [0.25, 0.3) is 29.5 Å². The molecule has 0 spiro atoms. The van der Waals surface area contributed by atoms with E-state index in [0.29, 0.717) is 73.2 Å². The minimum atomic E-state index is -0.162. The molecule has 6 aliphatic rings. The highest BCUT2D eigenvalue weighted by Gasteiger charge is 2.28. The molecule has 11 rings (SSSR count). The van der Waals surface area contributed by atoms with Crippen LogP contribution in [0.25, 0.3) is 0 Å². The van der Waals surface area contributed by atoms with Crippen molar-refractivity contribution in [2.45, 2.75) is 266 Å². The van der Waals surface area contributed by atoms with Crippen LogP contribution in [-0.2, 0) is 4.79 Å². The molecule has 2 unspecified atom stereocenters. The highest BCUT2D eigenvalue weighted by molar-refractivity contribution is 7.12. The van der Waals surface area contributed by atoms with Crippen LogP contribution in [0.1, 0.15) is 275 Å². The number of carbonyl (C=O) groups is 8. The third-order valence-corrected chi connectivity index (χ3v) is 19.4. The van der Waals surface area contributed by atoms with Gasteiger partial charge in [0.2, 0.25) is 5.91 Å². The van der Waals surface area contributed by atoms with Gasteiger partial charge in [0.05, 0.1) is 47.2 Å². The molecule has 26 nitrogen and oxygen atoms in total. The van der Waals surface area contributed by atoms with Crippen molar-refractivity contribution in [3.63, 3.8) is 0 Å². The molecule has 4 heterocycles. The maximum atomic E-state index is 11.6. The van der Waals surface area contributed by atoms with Gasteiger partial charge in [-0.15, -0.1) is 11.3 Å². The van der Waals surface area contributed by atoms with Gasteiger partial charge in [0.1, 0.15) is 12.0 Å². The molecule has 27 heteroatoms. The number of rotatable bonds is 23. The molecular formula is C84H138N14O12S. The van der Waals surface area contributed by atoms with Crippen LogP contribution in [0.4, 0.5) is 9.59 Å². The third-order valence-electron chi connectivity index (χ3n) is 18.5. The highest BCUT2D eigenvalue weighted by atomic mass is 32.1. The lowest BCUT2D eigenvalue weighted by atomic mass is 9.82. The molecule has 622 valence electrons. The number of pyridine rings is 1. The van der Waals surface area contributed by atoms with Crippen LogP contribution in [-0.4, -0.2) is 166 Å². The summed E-state index contributed by atoms with van der Waals surface area (Å²) >= 11 is 1.47. The van der Waals surface area contributed by atoms with Crippen molar-refractivity contribution in [1.29, 1.82) is 0 Å². The summed E-state index contributed by atoms with van der Waals surface area (Å²) in [6.45, 7) is 25.8. The second-order valence-corrected chi connectivity index (χ2v) is 30.7. The van der Waals surface area contributed by atoms with E-state index in [4.69, 9.17) is 25.5 Å². The molecule has 111 heavy (non-hydrogen) atoms. The molecule has 6 aliphatic carbocycles. The van der Waals surface area contributed by atoms with E-state index in [2.05, 4.69) is 95.8 Å². The lowest BCUT2D eigenvalue weighted by molar-refractivity contribution is -0.120. The largest absolute Gasteiger partial charge is 0.472 e. The Bertz CT molecular complexity index is 3060. The smallest absolute Gasteiger partial charge is 0.315 e. The summed E-state index contributed by atoms with van der Waals surface area (Å²) in [6.07, 6.45) is 36.2. The lowest BCUT2D eigenvalue weighted by Crippen LogP contribution is -2.47. The number of hydrogen-bond acceptors (Lipinski definition) is 17. The second-order valence-electron chi connectivity index (χ2n) is 29.7. The zero-order chi connectivity index (χ0) is 82.0. The summed E-state index contributed by atoms with van der Waals surface area (Å²) in [4.78, 5) is 102. The average Bonchev–Trinajstić information content (AvgIpc) is 1.54. The van der Waals surface area contributed by atoms with Crippen LogP contribution in [0.5, 0.6) is 0 Å². The van der Waals surface area contributed by atoms with Gasteiger partial charge in [-0.25, -0.2) is 14.6 Å². The SMILES string of the molecule is CC(=O)NC1CC(C)C1.CC(CO)CNC(=O)NC1CCCCC1.CC1CC(N)C1.CC1CC(NC(=O)c2ccccc2)C1.CC1CC(O)C1.CCC(CO)NC(=O)NC1CCCCC1.CCCNC(=O)c1cccnc1.CCCNC(=O)c1cccs1.CCCNC(=O)c1ccoc1.CCCNC(=O)c1cnccn1. The lowest BCUT2D eigenvalue weighted by Gasteiger charge is -2.33. The van der Waals surface area contributed by atoms with E-state index in [0.717, 1.165) is 124 Å². The van der Waals surface area contributed by atoms with Crippen molar-refractivity contribution in [2.24, 2.45) is 35.3 Å². The molecule has 2 atom stereocenters. The van der Waals surface area contributed by atoms with Gasteiger partial charge in [0, 0.05) is 107 Å². The molecule has 10 amide bonds. The standard InChI is InChI=1S/C12H15NO.2C11H22N2O2.C9H12N2O.C8H11N3O.C8H11NO2.C8H11NOS.C7H13NO.C5H11N.C5H10O/c1-9-7-11(8-9)13-12(14)10-5-3-2-4-6-10;1-9(8-14)7-12-11(15)13-10-5-3-2-4-6-10;1-2-9(8-14)12-11(15)13-10-6-4-3-5-7-10;1-2-5-11-9(12)8-4-3-6-10-7-8;1-2-3-11-8(12)7-6-9-4-5-10-7;1-2-4-9-8(10)7-3-5-11-6-7;1-2-5-9-8(10)7-4-3-6-11-7;1-5-3-7(4-5)8-6(2)9;2*1-4-2-5(6)3-4/h2-6,9,11H,7-8H2,1H3,(H,13,14);2*9-10,14H,2-8H2,1H3,(H2,12,13,15);3-4,6-7H,2,5H2,1H3,(H,11,12);4-6H,2-3H2,1H3,(H,11,12);3,5-6H,2,4H2,1H3,(H,9,10);3-4,6H,2,5H2,1H3,(H,9,10);5,7H,3-4H2,1-2H3,(H,8,9);4-5H,2-3,6H2,1H3;4-6H,2-3H2,1H3. The summed E-state index contributed by atoms with van der Waals surface area (Å²) in [5, 5.41) is 56.6. The number of aliphatic hydroxyl groups excluding tert-OH is 3. The van der Waals surface area contributed by atoms with Crippen LogP contribution in [0.15, 0.2) is 114 Å². The normalized spacial score (nSPS) is 20.0. The fourth-order valence-electron chi connectivity index (χ4n) is 11.8. The second kappa shape index (κ2) is 61.2. The minimum Gasteiger partial charge on any atom is -0.472 e. The molecule has 6 saturated carbocycles. The van der Waals surface area contributed by atoms with Gasteiger partial charge in [0.15, 0.2) is 0 Å². The molecule has 15 N–H and O–H groups in total. The van der Waals surface area contributed by atoms with E-state index >= 15 is 0 Å². The Kier molecular flexibility index (Phi) is 54.5. The first-order valence-electron chi connectivity index (χ1n) is 40.6. The van der Waals surface area contributed by atoms with Gasteiger partial charge in [-0.1, -0.05) is 132 Å². The Balaban J connectivity index is 0.000000423. The first-order valence-corrected chi connectivity index (χ1v) is 41.5. The maximum Gasteiger partial charge on any atom is 0.315 e. The predicted molar refractivity (Wildman–Crippen MR) is 442 cm³/mol. The van der Waals surface area contributed by atoms with Crippen molar-refractivity contribution >= 4 is 58.8 Å². The Morgan fingerprint density at radius 1 is 0.514 bits per heavy atom. The van der Waals surface area contributed by atoms with Gasteiger partial charge in [-0.05, 0) is 181 Å². The molecular weight excluding hydrogens is 1430 g/mol. The number of amides is 10. The Labute approximate surface area is 666 Å². The molecule has 0 saturated heterocycles. The Morgan fingerprint density at radius 3 is 1.42 bits per heavy atom. The number of urea groups is 2. The molecule has 6 fully saturated rings. The van der Waals surface area contributed by atoms with Gasteiger partial charge in [-0.2, -0.15) is 0 Å². The van der Waals surface area contributed by atoms with Crippen LogP contribution in [0.2, 0.25) is 0 Å². The van der Waals surface area contributed by atoms with E-state index in [9.17, 15) is 38.4 Å². The summed E-state index contributed by atoms with van der Waals surface area (Å²) in [6, 6.07) is 20.0. The predicted octanol–water partition coefficient (Wildman–Crippen LogP) is 12.4. The first kappa shape index (κ1) is 98.7. The number of carbonyl (C=O) groups excluding carboxylic acids is 8. The monoisotopic (exact) mass is 1570 g/mol. The van der Waals surface area contributed by atoms with Crippen LogP contribution in [0, 0.1) is 29.6 Å². The Hall–Kier alpha value is -8.37. The summed E-state index contributed by atoms with van der Waals surface area (Å²) in [5.74, 6) is 3.35. The van der Waals surface area contributed by atoms with E-state index in [-0.39, 0.29) is 78.8 Å². The first-order chi connectivity index (χ1) is 53.4. The fourth-order valence-corrected chi connectivity index (χ4v) is 12.5. The minimum absolute atomic E-state index is 0.00852. The number of nitrogens with zero attached hydrogens (tertiary/aromatic N) is 3. The number of aliphatic hydroxyl groups is 3. The van der Waals surface area contributed by atoms with E-state index in [1.165, 1.54) is 107 Å². The maximum absolute atomic E-state index is 11.6. The van der Waals surface area contributed by atoms with Gasteiger partial charge in [-0.3, -0.25) is 38.7 Å². The molecule has 4 aromatic heterocycles. The van der Waals surface area contributed by atoms with Crippen LogP contribution < -0.4 is 58.9 Å². The fraction of sp³-hybridized carbons (Fsp3) is 0.631. The number of benzene rings is 1. The van der Waals surface area contributed by atoms with Crippen molar-refractivity contribution in [2.75, 3.05) is 45.9 Å². The number of furan rings is 1. The third kappa shape index (κ3) is 48.2. The van der Waals surface area contributed by atoms with Crippen LogP contribution in [0.3, 0.4) is 0 Å². The van der Waals surface area contributed by atoms with Crippen molar-refractivity contribution in [3.05, 3.63) is 137 Å². The topological polar surface area (TPSA) is 395 Å². The number of nitrogens with one attached hydrogen (secondary N) is 10. The molecule has 1 aromatic carbocycles. The van der Waals surface area contributed by atoms with Crippen LogP contribution >= 0.6 is 11.3 Å². The molecule has 0 aliphatic heterocycles. The van der Waals surface area contributed by atoms with E-state index in [1.807, 2.05) is 89.4 Å². The van der Waals surface area contributed by atoms with E-state index < -0.39 is 0 Å². The molecule has 5 aromatic rings. The summed E-state index contributed by atoms with van der Waals surface area (Å²) in [7, 11) is 0. The van der Waals surface area contributed by atoms with Crippen molar-refractivity contribution in [1.82, 2.24) is 68.1 Å². The molecule has 0 bridgehead atoms. The van der Waals surface area contributed by atoms with Crippen molar-refractivity contribution < 1.29 is 58.1 Å². The highest BCUT2D eigenvalue weighted by Crippen LogP contribution is 2.28. The summed E-state index contributed by atoms with van der Waals surface area (Å²) in [5.41, 5.74) is 7.79. The van der Waals surface area contributed by atoms with Crippen molar-refractivity contribution in [3.8, 4) is 0 Å². The Morgan fingerprint density at radius 2 is 1.02 bits per heavy atom. The molecule has 0 radical (unpaired) electrons. The van der Waals surface area contributed by atoms with Gasteiger partial charge < -0.3 is 78.6 Å². The van der Waals surface area contributed by atoms with Gasteiger partial charge >= 0.3 is 12.1 Å². The summed E-state index contributed by atoms with van der Waals surface area (Å²) < 4.78 is 4.75. The zero-order valence-electron chi connectivity index (χ0n) is 68.4. The quantitative estimate of drug-likeness (QED) is 0.0289. The van der Waals surface area contributed by atoms with E-state index in [1.54, 1.807) is 37.5 Å². The number of hydrogen-bond donors (Lipinski definition) is 14. The zero-order valence-corrected chi connectivity index (χ0v) is 69.2. The number of nitrogens with two attached hydrogens (primary N) is 1.